The molecule has 4 heterocycles. The number of hydrogen-bond acceptors (Lipinski definition) is 5. The van der Waals surface area contributed by atoms with E-state index in [1.807, 2.05) is 0 Å². The average Bonchev–Trinajstić information content (AvgIpc) is 3.20. The minimum atomic E-state index is -0.710. The Morgan fingerprint density at radius 1 is 1.06 bits per heavy atom. The number of piperazine rings is 1. The molecule has 35 heavy (non-hydrogen) atoms. The van der Waals surface area contributed by atoms with Crippen LogP contribution in [0.25, 0.3) is 32.9 Å². The van der Waals surface area contributed by atoms with E-state index in [1.54, 1.807) is 12.3 Å². The lowest BCUT2D eigenvalue weighted by molar-refractivity contribution is 0.466. The first kappa shape index (κ1) is 21.3. The molecule has 2 aromatic carbocycles. The van der Waals surface area contributed by atoms with Gasteiger partial charge in [-0.3, -0.25) is 4.98 Å². The maximum atomic E-state index is 16.1. The van der Waals surface area contributed by atoms with E-state index >= 15 is 4.39 Å². The van der Waals surface area contributed by atoms with Crippen LogP contribution in [0.1, 0.15) is 24.1 Å². The number of pyridine rings is 2. The number of nitrogens with one attached hydrogen (secondary N) is 1. The van der Waals surface area contributed by atoms with Gasteiger partial charge in [0.05, 0.1) is 11.3 Å². The van der Waals surface area contributed by atoms with Crippen molar-refractivity contribution >= 4 is 27.4 Å². The first-order valence-electron chi connectivity index (χ1n) is 11.4. The lowest BCUT2D eigenvalue weighted by atomic mass is 9.95. The SMILES string of the molecule is C#Cc1cc(N2CC3CCC(C2)N3)c2cnc(-c3cc(O)cc4ccc(F)c(C#C)c34)c(F)c2n1. The molecule has 0 aliphatic carbocycles. The summed E-state index contributed by atoms with van der Waals surface area (Å²) in [7, 11) is 0. The van der Waals surface area contributed by atoms with Crippen molar-refractivity contribution in [1.29, 1.82) is 0 Å². The van der Waals surface area contributed by atoms with Crippen LogP contribution in [0.3, 0.4) is 0 Å². The van der Waals surface area contributed by atoms with Gasteiger partial charge in [-0.1, -0.05) is 17.9 Å². The fourth-order valence-corrected chi connectivity index (χ4v) is 5.40. The topological polar surface area (TPSA) is 61.3 Å². The van der Waals surface area contributed by atoms with Crippen LogP contribution < -0.4 is 10.2 Å². The lowest BCUT2D eigenvalue weighted by Crippen LogP contribution is -2.51. The molecule has 2 unspecified atom stereocenters. The molecule has 4 aromatic rings. The summed E-state index contributed by atoms with van der Waals surface area (Å²) in [6.45, 7) is 1.57. The zero-order valence-corrected chi connectivity index (χ0v) is 18.6. The number of aromatic nitrogens is 2. The average molecular weight is 466 g/mol. The fraction of sp³-hybridized carbons (Fsp3) is 0.214. The fourth-order valence-electron chi connectivity index (χ4n) is 5.40. The summed E-state index contributed by atoms with van der Waals surface area (Å²) in [6.07, 6.45) is 15.0. The number of benzene rings is 2. The highest BCUT2D eigenvalue weighted by Gasteiger charge is 2.33. The first-order chi connectivity index (χ1) is 17.0. The number of phenolic OH excluding ortho intramolecular Hbond substituents is 1. The lowest BCUT2D eigenvalue weighted by Gasteiger charge is -2.35. The van der Waals surface area contributed by atoms with Crippen LogP contribution in [0.5, 0.6) is 5.75 Å². The molecule has 2 fully saturated rings. The van der Waals surface area contributed by atoms with Crippen LogP contribution in [-0.4, -0.2) is 40.2 Å². The third-order valence-electron chi connectivity index (χ3n) is 6.93. The summed E-state index contributed by atoms with van der Waals surface area (Å²) in [5.41, 5.74) is 1.23. The van der Waals surface area contributed by atoms with Crippen molar-refractivity contribution in [2.45, 2.75) is 24.9 Å². The predicted octanol–water partition coefficient (Wildman–Crippen LogP) is 4.34. The van der Waals surface area contributed by atoms with Crippen LogP contribution in [0.4, 0.5) is 14.5 Å². The molecule has 0 radical (unpaired) electrons. The molecule has 2 saturated heterocycles. The number of rotatable bonds is 2. The number of halogens is 2. The van der Waals surface area contributed by atoms with Crippen LogP contribution >= 0.6 is 0 Å². The molecule has 0 saturated carbocycles. The van der Waals surface area contributed by atoms with E-state index in [0.29, 0.717) is 33.9 Å². The molecule has 2 aliphatic heterocycles. The minimum absolute atomic E-state index is 0.0267. The molecule has 0 spiro atoms. The van der Waals surface area contributed by atoms with Crippen molar-refractivity contribution < 1.29 is 13.9 Å². The second-order valence-electron chi connectivity index (χ2n) is 9.06. The molecule has 7 heteroatoms. The van der Waals surface area contributed by atoms with E-state index in [2.05, 4.69) is 32.0 Å². The summed E-state index contributed by atoms with van der Waals surface area (Å²) in [5, 5.41) is 15.2. The molecule has 6 rings (SSSR count). The maximum absolute atomic E-state index is 16.1. The molecule has 2 bridgehead atoms. The van der Waals surface area contributed by atoms with Crippen LogP contribution in [-0.2, 0) is 0 Å². The van der Waals surface area contributed by atoms with E-state index in [4.69, 9.17) is 12.8 Å². The maximum Gasteiger partial charge on any atom is 0.175 e. The van der Waals surface area contributed by atoms with Crippen molar-refractivity contribution in [3.05, 3.63) is 59.4 Å². The molecule has 0 amide bonds. The molecule has 2 aromatic heterocycles. The number of nitrogens with zero attached hydrogens (tertiary/aromatic N) is 3. The smallest absolute Gasteiger partial charge is 0.175 e. The van der Waals surface area contributed by atoms with Crippen molar-refractivity contribution in [2.75, 3.05) is 18.0 Å². The van der Waals surface area contributed by atoms with Crippen molar-refractivity contribution in [3.63, 3.8) is 0 Å². The number of anilines is 1. The Balaban J connectivity index is 1.60. The number of aromatic hydroxyl groups is 1. The summed E-state index contributed by atoms with van der Waals surface area (Å²) in [4.78, 5) is 11.0. The van der Waals surface area contributed by atoms with Gasteiger partial charge >= 0.3 is 0 Å². The van der Waals surface area contributed by atoms with E-state index in [1.165, 1.54) is 24.3 Å². The molecule has 2 atom stereocenters. The summed E-state index contributed by atoms with van der Waals surface area (Å²) < 4.78 is 30.7. The van der Waals surface area contributed by atoms with Gasteiger partial charge in [0.2, 0.25) is 0 Å². The second kappa shape index (κ2) is 7.94. The largest absolute Gasteiger partial charge is 0.508 e. The number of hydrogen-bond donors (Lipinski definition) is 2. The third kappa shape index (κ3) is 3.36. The van der Waals surface area contributed by atoms with Gasteiger partial charge in [-0.2, -0.15) is 0 Å². The molecule has 172 valence electrons. The Labute approximate surface area is 200 Å². The van der Waals surface area contributed by atoms with Crippen LogP contribution in [0.15, 0.2) is 36.5 Å². The highest BCUT2D eigenvalue weighted by atomic mass is 19.1. The van der Waals surface area contributed by atoms with E-state index < -0.39 is 11.6 Å². The number of terminal acetylenes is 2. The van der Waals surface area contributed by atoms with Crippen molar-refractivity contribution in [2.24, 2.45) is 0 Å². The zero-order valence-electron chi connectivity index (χ0n) is 18.6. The van der Waals surface area contributed by atoms with Gasteiger partial charge in [0.1, 0.15) is 28.5 Å². The molecule has 2 aliphatic rings. The van der Waals surface area contributed by atoms with Gasteiger partial charge in [-0.25, -0.2) is 13.8 Å². The summed E-state index contributed by atoms with van der Waals surface area (Å²) in [5.74, 6) is 3.43. The molecular formula is C28H20F2N4O. The van der Waals surface area contributed by atoms with Crippen LogP contribution in [0, 0.1) is 36.3 Å². The second-order valence-corrected chi connectivity index (χ2v) is 9.06. The van der Waals surface area contributed by atoms with Gasteiger partial charge in [-0.05, 0) is 42.5 Å². The number of fused-ring (bicyclic) bond motifs is 4. The molecule has 2 N–H and O–H groups in total. The van der Waals surface area contributed by atoms with Gasteiger partial charge in [-0.15, -0.1) is 12.8 Å². The van der Waals surface area contributed by atoms with Gasteiger partial charge < -0.3 is 15.3 Å². The van der Waals surface area contributed by atoms with Crippen LogP contribution in [0.2, 0.25) is 0 Å². The minimum Gasteiger partial charge on any atom is -0.508 e. The predicted molar refractivity (Wildman–Crippen MR) is 132 cm³/mol. The van der Waals surface area contributed by atoms with Gasteiger partial charge in [0, 0.05) is 47.7 Å². The van der Waals surface area contributed by atoms with Gasteiger partial charge in [0.15, 0.2) is 5.82 Å². The van der Waals surface area contributed by atoms with Crippen molar-refractivity contribution in [1.82, 2.24) is 15.3 Å². The Kier molecular flexibility index (Phi) is 4.84. The van der Waals surface area contributed by atoms with Gasteiger partial charge in [0.25, 0.3) is 0 Å². The van der Waals surface area contributed by atoms with E-state index in [-0.39, 0.29) is 28.1 Å². The number of phenols is 1. The third-order valence-corrected chi connectivity index (χ3v) is 6.93. The molecular weight excluding hydrogens is 446 g/mol. The first-order valence-corrected chi connectivity index (χ1v) is 11.4. The summed E-state index contributed by atoms with van der Waals surface area (Å²) >= 11 is 0. The Hall–Kier alpha value is -4.20. The quantitative estimate of drug-likeness (QED) is 0.431. The van der Waals surface area contributed by atoms with Crippen molar-refractivity contribution in [3.8, 4) is 41.7 Å². The Bertz CT molecular complexity index is 1610. The highest BCUT2D eigenvalue weighted by molar-refractivity contribution is 6.03. The standard InChI is InChI=1S/C28H20F2N4O/c1-3-16-10-24(34-13-17-6-7-18(14-34)32-17)22-12-31-27(26(30)28(22)33-16)21-11-19(35)9-15-5-8-23(29)20(4-2)25(15)21/h1-2,5,8-12,17-18,32,35H,6-7,13-14H2. The molecule has 5 nitrogen and oxygen atoms in total. The Morgan fingerprint density at radius 2 is 1.83 bits per heavy atom. The summed E-state index contributed by atoms with van der Waals surface area (Å²) in [6, 6.07) is 8.03. The normalized spacial score (nSPS) is 19.1. The van der Waals surface area contributed by atoms with E-state index in [9.17, 15) is 9.50 Å². The zero-order chi connectivity index (χ0) is 24.3. The monoisotopic (exact) mass is 466 g/mol. The Morgan fingerprint density at radius 3 is 2.54 bits per heavy atom. The van der Waals surface area contributed by atoms with E-state index in [0.717, 1.165) is 31.6 Å². The highest BCUT2D eigenvalue weighted by Crippen LogP contribution is 2.39.